The topological polar surface area (TPSA) is 104 Å². The van der Waals surface area contributed by atoms with Gasteiger partial charge in [0.2, 0.25) is 5.69 Å². The molecule has 0 aliphatic rings. The molecule has 2 heterocycles. The van der Waals surface area contributed by atoms with Crippen molar-refractivity contribution in [3.63, 3.8) is 0 Å². The fourth-order valence-corrected chi connectivity index (χ4v) is 2.91. The number of carbonyl (C=O) groups is 1. The highest BCUT2D eigenvalue weighted by atomic mass is 16.5. The molecule has 0 atom stereocenters. The van der Waals surface area contributed by atoms with Crippen LogP contribution in [0.1, 0.15) is 16.1 Å². The lowest BCUT2D eigenvalue weighted by molar-refractivity contribution is 0.0462. The third kappa shape index (κ3) is 3.68. The van der Waals surface area contributed by atoms with E-state index < -0.39 is 11.6 Å². The maximum atomic E-state index is 12.6. The second-order valence-corrected chi connectivity index (χ2v) is 6.17. The molecule has 0 fully saturated rings. The van der Waals surface area contributed by atoms with Gasteiger partial charge in [0.1, 0.15) is 17.9 Å². The van der Waals surface area contributed by atoms with E-state index in [9.17, 15) is 14.7 Å². The molecule has 2 aromatic heterocycles. The standard InChI is InChI=1S/C21H16N2O6/c1-27-18-11-23(14-5-3-2-4-6-14)22-20(18)21(26)28-12-13-9-19(25)29-17-10-15(24)7-8-16(13)17/h2-11,24H,12H2,1H3. The van der Waals surface area contributed by atoms with E-state index in [2.05, 4.69) is 5.10 Å². The van der Waals surface area contributed by atoms with Crippen molar-refractivity contribution >= 4 is 16.9 Å². The van der Waals surface area contributed by atoms with E-state index in [0.29, 0.717) is 10.9 Å². The summed E-state index contributed by atoms with van der Waals surface area (Å²) in [5, 5.41) is 14.4. The van der Waals surface area contributed by atoms with Crippen LogP contribution in [0.5, 0.6) is 11.5 Å². The van der Waals surface area contributed by atoms with Crippen LogP contribution in [-0.4, -0.2) is 28.0 Å². The monoisotopic (exact) mass is 392 g/mol. The van der Waals surface area contributed by atoms with E-state index in [1.165, 1.54) is 30.0 Å². The lowest BCUT2D eigenvalue weighted by atomic mass is 10.1. The summed E-state index contributed by atoms with van der Waals surface area (Å²) in [6, 6.07) is 14.9. The molecule has 0 aliphatic carbocycles. The molecule has 8 nitrogen and oxygen atoms in total. The van der Waals surface area contributed by atoms with Crippen LogP contribution in [0.25, 0.3) is 16.7 Å². The smallest absolute Gasteiger partial charge is 0.363 e. The number of para-hydroxylation sites is 1. The molecule has 8 heteroatoms. The number of ether oxygens (including phenoxy) is 2. The Morgan fingerprint density at radius 2 is 1.97 bits per heavy atom. The van der Waals surface area contributed by atoms with Crippen LogP contribution in [0.4, 0.5) is 0 Å². The molecule has 0 saturated carbocycles. The Morgan fingerprint density at radius 1 is 1.17 bits per heavy atom. The first-order chi connectivity index (χ1) is 14.0. The Labute approximate surface area is 164 Å². The minimum atomic E-state index is -0.697. The van der Waals surface area contributed by atoms with Gasteiger partial charge in [-0.15, -0.1) is 0 Å². The number of carbonyl (C=O) groups excluding carboxylic acids is 1. The number of nitrogens with zero attached hydrogens (tertiary/aromatic N) is 2. The van der Waals surface area contributed by atoms with Gasteiger partial charge in [0.25, 0.3) is 0 Å². The van der Waals surface area contributed by atoms with Crippen molar-refractivity contribution in [2.45, 2.75) is 6.61 Å². The number of rotatable bonds is 5. The number of aromatic nitrogens is 2. The highest BCUT2D eigenvalue weighted by Crippen LogP contribution is 2.24. The lowest BCUT2D eigenvalue weighted by Crippen LogP contribution is -2.10. The minimum absolute atomic E-state index is 0.0151. The van der Waals surface area contributed by atoms with Crippen molar-refractivity contribution in [3.05, 3.63) is 82.5 Å². The summed E-state index contributed by atoms with van der Waals surface area (Å²) in [5.74, 6) is -0.469. The third-order valence-corrected chi connectivity index (χ3v) is 4.29. The van der Waals surface area contributed by atoms with Crippen LogP contribution in [0.3, 0.4) is 0 Å². The number of benzene rings is 2. The molecular weight excluding hydrogens is 376 g/mol. The molecule has 1 N–H and O–H groups in total. The Bertz CT molecular complexity index is 1240. The molecule has 0 saturated heterocycles. The summed E-state index contributed by atoms with van der Waals surface area (Å²) in [6.07, 6.45) is 1.58. The molecule has 0 unspecified atom stereocenters. The average Bonchev–Trinajstić information content (AvgIpc) is 3.16. The second-order valence-electron chi connectivity index (χ2n) is 6.17. The van der Waals surface area contributed by atoms with Crippen molar-refractivity contribution in [2.75, 3.05) is 7.11 Å². The van der Waals surface area contributed by atoms with Gasteiger partial charge in [0.05, 0.1) is 19.0 Å². The normalized spacial score (nSPS) is 10.8. The van der Waals surface area contributed by atoms with Crippen LogP contribution in [0.15, 0.2) is 70.0 Å². The molecular formula is C21H16N2O6. The quantitative estimate of drug-likeness (QED) is 0.411. The van der Waals surface area contributed by atoms with Crippen molar-refractivity contribution in [2.24, 2.45) is 0 Å². The third-order valence-electron chi connectivity index (χ3n) is 4.29. The fraction of sp³-hybridized carbons (Fsp3) is 0.0952. The second kappa shape index (κ2) is 7.51. The van der Waals surface area contributed by atoms with Crippen molar-refractivity contribution in [3.8, 4) is 17.2 Å². The van der Waals surface area contributed by atoms with Crippen molar-refractivity contribution < 1.29 is 23.8 Å². The van der Waals surface area contributed by atoms with Gasteiger partial charge in [-0.3, -0.25) is 0 Å². The summed E-state index contributed by atoms with van der Waals surface area (Å²) in [7, 11) is 1.44. The van der Waals surface area contributed by atoms with Gasteiger partial charge in [-0.05, 0) is 24.3 Å². The summed E-state index contributed by atoms with van der Waals surface area (Å²) in [5.41, 5.74) is 0.818. The number of fused-ring (bicyclic) bond motifs is 1. The number of aromatic hydroxyl groups is 1. The van der Waals surface area contributed by atoms with E-state index in [1.807, 2.05) is 30.3 Å². The minimum Gasteiger partial charge on any atom is -0.508 e. The van der Waals surface area contributed by atoms with E-state index in [0.717, 1.165) is 5.69 Å². The number of esters is 1. The molecule has 0 spiro atoms. The van der Waals surface area contributed by atoms with Gasteiger partial charge < -0.3 is 19.0 Å². The van der Waals surface area contributed by atoms with E-state index >= 15 is 0 Å². The maximum Gasteiger partial charge on any atom is 0.363 e. The number of hydrogen-bond donors (Lipinski definition) is 1. The zero-order valence-electron chi connectivity index (χ0n) is 15.4. The summed E-state index contributed by atoms with van der Waals surface area (Å²) < 4.78 is 17.2. The van der Waals surface area contributed by atoms with Gasteiger partial charge in [-0.1, -0.05) is 18.2 Å². The van der Waals surface area contributed by atoms with Gasteiger partial charge in [-0.2, -0.15) is 5.10 Å². The molecule has 2 aromatic carbocycles. The molecule has 0 aliphatic heterocycles. The number of phenols is 1. The van der Waals surface area contributed by atoms with Crippen LogP contribution in [0, 0.1) is 0 Å². The zero-order chi connectivity index (χ0) is 20.4. The fourth-order valence-electron chi connectivity index (χ4n) is 2.91. The predicted octanol–water partition coefficient (Wildman–Crippen LogP) is 3.05. The molecule has 4 aromatic rings. The van der Waals surface area contributed by atoms with Gasteiger partial charge in [-0.25, -0.2) is 14.3 Å². The van der Waals surface area contributed by atoms with Gasteiger partial charge in [0, 0.05) is 23.1 Å². The van der Waals surface area contributed by atoms with E-state index in [-0.39, 0.29) is 29.4 Å². The molecule has 29 heavy (non-hydrogen) atoms. The SMILES string of the molecule is COc1cn(-c2ccccc2)nc1C(=O)OCc1cc(=O)oc2cc(O)ccc12. The molecule has 0 bridgehead atoms. The zero-order valence-corrected chi connectivity index (χ0v) is 15.4. The first-order valence-electron chi connectivity index (χ1n) is 8.67. The van der Waals surface area contributed by atoms with Crippen LogP contribution in [0.2, 0.25) is 0 Å². The van der Waals surface area contributed by atoms with Crippen molar-refractivity contribution in [1.29, 1.82) is 0 Å². The van der Waals surface area contributed by atoms with Crippen LogP contribution < -0.4 is 10.4 Å². The largest absolute Gasteiger partial charge is 0.508 e. The summed E-state index contributed by atoms with van der Waals surface area (Å²) in [6.45, 7) is -0.174. The van der Waals surface area contributed by atoms with E-state index in [4.69, 9.17) is 13.9 Å². The van der Waals surface area contributed by atoms with Crippen LogP contribution in [-0.2, 0) is 11.3 Å². The average molecular weight is 392 g/mol. The lowest BCUT2D eigenvalue weighted by Gasteiger charge is -2.07. The first-order valence-corrected chi connectivity index (χ1v) is 8.67. The van der Waals surface area contributed by atoms with Crippen molar-refractivity contribution in [1.82, 2.24) is 9.78 Å². The number of methoxy groups -OCH3 is 1. The summed E-state index contributed by atoms with van der Waals surface area (Å²) >= 11 is 0. The number of phenolic OH excluding ortho intramolecular Hbond substituents is 1. The molecule has 4 rings (SSSR count). The Kier molecular flexibility index (Phi) is 4.74. The molecule has 0 amide bonds. The Hall–Kier alpha value is -4.07. The van der Waals surface area contributed by atoms with Gasteiger partial charge >= 0.3 is 11.6 Å². The van der Waals surface area contributed by atoms with Crippen LogP contribution >= 0.6 is 0 Å². The predicted molar refractivity (Wildman–Crippen MR) is 103 cm³/mol. The molecule has 146 valence electrons. The number of hydrogen-bond acceptors (Lipinski definition) is 7. The highest BCUT2D eigenvalue weighted by Gasteiger charge is 2.20. The highest BCUT2D eigenvalue weighted by molar-refractivity contribution is 5.90. The first kappa shape index (κ1) is 18.3. The maximum absolute atomic E-state index is 12.6. The van der Waals surface area contributed by atoms with Gasteiger partial charge in [0.15, 0.2) is 5.75 Å². The molecule has 0 radical (unpaired) electrons. The Balaban J connectivity index is 1.60. The summed E-state index contributed by atoms with van der Waals surface area (Å²) in [4.78, 5) is 24.4. The van der Waals surface area contributed by atoms with E-state index in [1.54, 1.807) is 12.3 Å². The Morgan fingerprint density at radius 3 is 2.72 bits per heavy atom.